The molecule has 3 rings (SSSR count). The summed E-state index contributed by atoms with van der Waals surface area (Å²) in [7, 11) is 2.07. The Morgan fingerprint density at radius 3 is 2.75 bits per heavy atom. The van der Waals surface area contributed by atoms with Crippen LogP contribution in [-0.2, 0) is 5.41 Å². The molecule has 0 N–H and O–H groups in total. The summed E-state index contributed by atoms with van der Waals surface area (Å²) < 4.78 is 0. The number of tetrazole rings is 1. The first-order valence-electron chi connectivity index (χ1n) is 6.42. The van der Waals surface area contributed by atoms with Gasteiger partial charge >= 0.3 is 0 Å². The van der Waals surface area contributed by atoms with E-state index in [2.05, 4.69) is 70.7 Å². The van der Waals surface area contributed by atoms with E-state index in [4.69, 9.17) is 0 Å². The monoisotopic (exact) mass is 268 g/mol. The molecule has 0 atom stereocenters. The fourth-order valence-electron chi connectivity index (χ4n) is 2.68. The summed E-state index contributed by atoms with van der Waals surface area (Å²) >= 11 is 0. The number of rotatable bonds is 2. The zero-order valence-corrected chi connectivity index (χ0v) is 11.7. The van der Waals surface area contributed by atoms with Gasteiger partial charge in [0, 0.05) is 23.8 Å². The fourth-order valence-corrected chi connectivity index (χ4v) is 2.68. The third kappa shape index (κ3) is 1.89. The zero-order chi connectivity index (χ0) is 14.2. The number of nitrogens with zero attached hydrogens (tertiary/aromatic N) is 6. The molecule has 0 fully saturated rings. The van der Waals surface area contributed by atoms with Gasteiger partial charge in [-0.05, 0) is 28.1 Å². The van der Waals surface area contributed by atoms with Crippen molar-refractivity contribution in [2.75, 3.05) is 11.9 Å². The minimum atomic E-state index is -0.0437. The van der Waals surface area contributed by atoms with Crippen LogP contribution < -0.4 is 4.90 Å². The lowest BCUT2D eigenvalue weighted by atomic mass is 9.84. The third-order valence-electron chi connectivity index (χ3n) is 3.70. The standard InChI is InChI=1S/C14H16N6/c1-14(2)11-6-4-5-7-12(11)19(3)13(14)8-9-16-20-10-15-17-18-20/h4-10H,1-3H3/b13-8-,16-9+. The highest BCUT2D eigenvalue weighted by Crippen LogP contribution is 2.46. The van der Waals surface area contributed by atoms with Gasteiger partial charge in [-0.15, -0.1) is 9.89 Å². The molecule has 0 radical (unpaired) electrons. The van der Waals surface area contributed by atoms with E-state index in [1.54, 1.807) is 6.21 Å². The smallest absolute Gasteiger partial charge is 0.164 e. The van der Waals surface area contributed by atoms with Crippen molar-refractivity contribution in [2.24, 2.45) is 5.10 Å². The molecule has 6 nitrogen and oxygen atoms in total. The largest absolute Gasteiger partial charge is 0.347 e. The van der Waals surface area contributed by atoms with Crippen molar-refractivity contribution in [1.29, 1.82) is 0 Å². The second-order valence-corrected chi connectivity index (χ2v) is 5.25. The van der Waals surface area contributed by atoms with Crippen LogP contribution in [-0.4, -0.2) is 33.6 Å². The SMILES string of the molecule is CN1/C(=C\C=N\n2cnnn2)C(C)(C)c2ccccc21. The molecule has 0 unspecified atom stereocenters. The number of allylic oxidation sites excluding steroid dienone is 2. The number of anilines is 1. The molecule has 0 amide bonds. The summed E-state index contributed by atoms with van der Waals surface area (Å²) in [6.45, 7) is 4.43. The zero-order valence-electron chi connectivity index (χ0n) is 11.7. The van der Waals surface area contributed by atoms with E-state index in [1.807, 2.05) is 6.08 Å². The molecule has 1 aliphatic heterocycles. The van der Waals surface area contributed by atoms with Gasteiger partial charge in [0.25, 0.3) is 0 Å². The molecule has 1 aromatic carbocycles. The van der Waals surface area contributed by atoms with Crippen LogP contribution >= 0.6 is 0 Å². The molecule has 0 aliphatic carbocycles. The number of fused-ring (bicyclic) bond motifs is 1. The van der Waals surface area contributed by atoms with Gasteiger partial charge in [0.15, 0.2) is 6.33 Å². The summed E-state index contributed by atoms with van der Waals surface area (Å²) in [5, 5.41) is 14.9. The van der Waals surface area contributed by atoms with Crippen LogP contribution in [0.25, 0.3) is 0 Å². The van der Waals surface area contributed by atoms with Crippen LogP contribution in [0.5, 0.6) is 0 Å². The van der Waals surface area contributed by atoms with Gasteiger partial charge in [0.05, 0.1) is 6.21 Å². The summed E-state index contributed by atoms with van der Waals surface area (Å²) in [6.07, 6.45) is 5.17. The molecule has 0 spiro atoms. The summed E-state index contributed by atoms with van der Waals surface area (Å²) in [4.78, 5) is 3.52. The predicted octanol–water partition coefficient (Wildman–Crippen LogP) is 1.82. The summed E-state index contributed by atoms with van der Waals surface area (Å²) in [5.74, 6) is 0. The Hall–Kier alpha value is -2.50. The molecule has 102 valence electrons. The molecule has 20 heavy (non-hydrogen) atoms. The van der Waals surface area contributed by atoms with Crippen LogP contribution in [0.4, 0.5) is 5.69 Å². The van der Waals surface area contributed by atoms with E-state index in [0.717, 1.165) is 0 Å². The Morgan fingerprint density at radius 1 is 1.25 bits per heavy atom. The topological polar surface area (TPSA) is 59.2 Å². The first-order chi connectivity index (χ1) is 9.60. The van der Waals surface area contributed by atoms with Crippen molar-refractivity contribution in [3.63, 3.8) is 0 Å². The Kier molecular flexibility index (Phi) is 2.85. The van der Waals surface area contributed by atoms with E-state index in [9.17, 15) is 0 Å². The van der Waals surface area contributed by atoms with Crippen LogP contribution in [0, 0.1) is 0 Å². The Labute approximate surface area is 117 Å². The van der Waals surface area contributed by atoms with Crippen molar-refractivity contribution >= 4 is 11.9 Å². The molecule has 0 bridgehead atoms. The van der Waals surface area contributed by atoms with Gasteiger partial charge in [-0.1, -0.05) is 32.0 Å². The molecular weight excluding hydrogens is 252 g/mol. The van der Waals surface area contributed by atoms with Gasteiger partial charge in [0.1, 0.15) is 0 Å². The van der Waals surface area contributed by atoms with Gasteiger partial charge in [0.2, 0.25) is 0 Å². The van der Waals surface area contributed by atoms with Crippen LogP contribution in [0.2, 0.25) is 0 Å². The maximum absolute atomic E-state index is 4.15. The van der Waals surface area contributed by atoms with Crippen molar-refractivity contribution in [3.8, 4) is 0 Å². The second kappa shape index (κ2) is 4.56. The number of hydrogen-bond acceptors (Lipinski definition) is 5. The normalized spacial score (nSPS) is 18.9. The van der Waals surface area contributed by atoms with Crippen molar-refractivity contribution in [3.05, 3.63) is 47.9 Å². The Morgan fingerprint density at radius 2 is 2.05 bits per heavy atom. The van der Waals surface area contributed by atoms with E-state index in [-0.39, 0.29) is 5.41 Å². The third-order valence-corrected chi connectivity index (χ3v) is 3.70. The predicted molar refractivity (Wildman–Crippen MR) is 77.7 cm³/mol. The van der Waals surface area contributed by atoms with Crippen molar-refractivity contribution in [2.45, 2.75) is 19.3 Å². The minimum Gasteiger partial charge on any atom is -0.347 e. The molecule has 2 aromatic rings. The quantitative estimate of drug-likeness (QED) is 0.779. The molecule has 1 aliphatic rings. The van der Waals surface area contributed by atoms with Gasteiger partial charge in [-0.2, -0.15) is 5.10 Å². The first kappa shape index (κ1) is 12.5. The lowest BCUT2D eigenvalue weighted by Gasteiger charge is -2.23. The van der Waals surface area contributed by atoms with Crippen LogP contribution in [0.1, 0.15) is 19.4 Å². The maximum atomic E-state index is 4.15. The Bertz CT molecular complexity index is 669. The van der Waals surface area contributed by atoms with Crippen molar-refractivity contribution in [1.82, 2.24) is 20.3 Å². The number of likely N-dealkylation sites (N-methyl/N-ethyl adjacent to an activating group) is 1. The number of para-hydroxylation sites is 1. The van der Waals surface area contributed by atoms with Gasteiger partial charge in [-0.25, -0.2) is 0 Å². The highest BCUT2D eigenvalue weighted by atomic mass is 15.6. The number of benzene rings is 1. The van der Waals surface area contributed by atoms with Gasteiger partial charge < -0.3 is 4.90 Å². The van der Waals surface area contributed by atoms with Crippen LogP contribution in [0.15, 0.2) is 47.5 Å². The van der Waals surface area contributed by atoms with E-state index in [1.165, 1.54) is 28.1 Å². The fraction of sp³-hybridized carbons (Fsp3) is 0.286. The van der Waals surface area contributed by atoms with E-state index < -0.39 is 0 Å². The number of hydrogen-bond donors (Lipinski definition) is 0. The average molecular weight is 268 g/mol. The lowest BCUT2D eigenvalue weighted by Crippen LogP contribution is -2.23. The van der Waals surface area contributed by atoms with Crippen LogP contribution in [0.3, 0.4) is 0 Å². The average Bonchev–Trinajstić information content (AvgIpc) is 3.01. The molecule has 6 heteroatoms. The molecule has 1 aromatic heterocycles. The highest BCUT2D eigenvalue weighted by molar-refractivity contribution is 5.79. The second-order valence-electron chi connectivity index (χ2n) is 5.25. The van der Waals surface area contributed by atoms with E-state index in [0.29, 0.717) is 0 Å². The number of aromatic nitrogens is 4. The lowest BCUT2D eigenvalue weighted by molar-refractivity contribution is 0.640. The first-order valence-corrected chi connectivity index (χ1v) is 6.42. The molecule has 0 saturated heterocycles. The molecular formula is C14H16N6. The minimum absolute atomic E-state index is 0.0437. The summed E-state index contributed by atoms with van der Waals surface area (Å²) in [6, 6.07) is 8.44. The Balaban J connectivity index is 1.95. The van der Waals surface area contributed by atoms with Gasteiger partial charge in [-0.3, -0.25) is 0 Å². The molecule has 0 saturated carbocycles. The van der Waals surface area contributed by atoms with Crippen molar-refractivity contribution < 1.29 is 0 Å². The highest BCUT2D eigenvalue weighted by Gasteiger charge is 2.37. The summed E-state index contributed by atoms with van der Waals surface area (Å²) in [5.41, 5.74) is 3.71. The van der Waals surface area contributed by atoms with E-state index >= 15 is 0 Å². The maximum Gasteiger partial charge on any atom is 0.164 e. The molecule has 2 heterocycles.